The van der Waals surface area contributed by atoms with Gasteiger partial charge in [0.1, 0.15) is 5.75 Å². The zero-order valence-electron chi connectivity index (χ0n) is 17.7. The highest BCUT2D eigenvalue weighted by Crippen LogP contribution is 2.41. The maximum atomic E-state index is 6.23. The second-order valence-electron chi connectivity index (χ2n) is 7.56. The minimum atomic E-state index is 0.723. The smallest absolute Gasteiger partial charge is 0.118 e. The zero-order chi connectivity index (χ0) is 21.9. The molecule has 5 aromatic rings. The Balaban J connectivity index is 1.85. The van der Waals surface area contributed by atoms with Crippen molar-refractivity contribution in [2.24, 2.45) is 0 Å². The van der Waals surface area contributed by atoms with Crippen LogP contribution in [0.25, 0.3) is 39.3 Å². The van der Waals surface area contributed by atoms with Crippen molar-refractivity contribution in [1.29, 1.82) is 0 Å². The Morgan fingerprint density at radius 1 is 0.625 bits per heavy atom. The summed E-state index contributed by atoms with van der Waals surface area (Å²) in [5, 5.41) is 0.723. The third kappa shape index (κ3) is 3.81. The summed E-state index contributed by atoms with van der Waals surface area (Å²) >= 11 is 6.23. The predicted octanol–water partition coefficient (Wildman–Crippen LogP) is 8.14. The summed E-state index contributed by atoms with van der Waals surface area (Å²) in [4.78, 5) is 0. The van der Waals surface area contributed by atoms with Crippen LogP contribution in [0.15, 0.2) is 115 Å². The average molecular weight is 436 g/mol. The molecule has 0 aliphatic carbocycles. The molecule has 0 unspecified atom stereocenters. The van der Waals surface area contributed by atoms with Gasteiger partial charge < -0.3 is 9.30 Å². The van der Waals surface area contributed by atoms with Gasteiger partial charge in [-0.2, -0.15) is 0 Å². The van der Waals surface area contributed by atoms with Crippen molar-refractivity contribution < 1.29 is 4.74 Å². The van der Waals surface area contributed by atoms with Gasteiger partial charge >= 0.3 is 0 Å². The van der Waals surface area contributed by atoms with Crippen LogP contribution in [0.5, 0.6) is 5.75 Å². The number of halogens is 1. The lowest BCUT2D eigenvalue weighted by Gasteiger charge is -2.16. The minimum absolute atomic E-state index is 0.723. The molecule has 0 N–H and O–H groups in total. The average Bonchev–Trinajstić information content (AvgIpc) is 3.26. The van der Waals surface area contributed by atoms with E-state index in [1.165, 1.54) is 0 Å². The van der Waals surface area contributed by atoms with Crippen LogP contribution in [0.4, 0.5) is 0 Å². The number of ether oxygens (including phenoxy) is 1. The summed E-state index contributed by atoms with van der Waals surface area (Å²) < 4.78 is 7.71. The summed E-state index contributed by atoms with van der Waals surface area (Å²) in [6, 6.07) is 39.5. The van der Waals surface area contributed by atoms with Gasteiger partial charge in [-0.3, -0.25) is 0 Å². The molecule has 0 spiro atoms. The van der Waals surface area contributed by atoms with Crippen molar-refractivity contribution in [3.8, 4) is 45.1 Å². The SMILES string of the molecule is COc1ccc(-c2cc(-c3ccccc3)n(-c3ccccc3)c2-c2ccc(Cl)cc2)cc1. The normalized spacial score (nSPS) is 10.8. The number of nitrogens with zero attached hydrogens (tertiary/aromatic N) is 1. The van der Waals surface area contributed by atoms with Gasteiger partial charge in [0.15, 0.2) is 0 Å². The fraction of sp³-hybridized carbons (Fsp3) is 0.0345. The van der Waals surface area contributed by atoms with Crippen molar-refractivity contribution in [2.45, 2.75) is 0 Å². The molecule has 156 valence electrons. The molecular weight excluding hydrogens is 414 g/mol. The maximum Gasteiger partial charge on any atom is 0.118 e. The van der Waals surface area contributed by atoms with Gasteiger partial charge in [-0.05, 0) is 59.2 Å². The third-order valence-corrected chi connectivity index (χ3v) is 5.86. The number of methoxy groups -OCH3 is 1. The van der Waals surface area contributed by atoms with Gasteiger partial charge in [0.05, 0.1) is 18.5 Å². The summed E-state index contributed by atoms with van der Waals surface area (Å²) in [6.07, 6.45) is 0. The van der Waals surface area contributed by atoms with Crippen LogP contribution in [0.2, 0.25) is 5.02 Å². The fourth-order valence-corrected chi connectivity index (χ4v) is 4.19. The molecular formula is C29H22ClNO. The van der Waals surface area contributed by atoms with E-state index in [0.29, 0.717) is 0 Å². The molecule has 5 rings (SSSR count). The monoisotopic (exact) mass is 435 g/mol. The molecule has 1 aromatic heterocycles. The van der Waals surface area contributed by atoms with Gasteiger partial charge in [0, 0.05) is 16.3 Å². The van der Waals surface area contributed by atoms with Crippen molar-refractivity contribution in [2.75, 3.05) is 7.11 Å². The van der Waals surface area contributed by atoms with E-state index in [2.05, 4.69) is 83.4 Å². The van der Waals surface area contributed by atoms with Gasteiger partial charge in [0.25, 0.3) is 0 Å². The molecule has 2 nitrogen and oxygen atoms in total. The molecule has 0 bridgehead atoms. The highest BCUT2D eigenvalue weighted by molar-refractivity contribution is 6.30. The lowest BCUT2D eigenvalue weighted by molar-refractivity contribution is 0.415. The summed E-state index contributed by atoms with van der Waals surface area (Å²) in [7, 11) is 1.69. The number of aromatic nitrogens is 1. The molecule has 3 heteroatoms. The summed E-state index contributed by atoms with van der Waals surface area (Å²) in [6.45, 7) is 0. The van der Waals surface area contributed by atoms with E-state index in [0.717, 1.165) is 50.1 Å². The first kappa shape index (κ1) is 20.2. The van der Waals surface area contributed by atoms with Crippen LogP contribution in [0, 0.1) is 0 Å². The van der Waals surface area contributed by atoms with E-state index in [1.807, 2.05) is 36.4 Å². The van der Waals surface area contributed by atoms with E-state index in [-0.39, 0.29) is 0 Å². The van der Waals surface area contributed by atoms with Crippen LogP contribution < -0.4 is 4.74 Å². The second-order valence-corrected chi connectivity index (χ2v) is 8.00. The van der Waals surface area contributed by atoms with Gasteiger partial charge in [0.2, 0.25) is 0 Å². The van der Waals surface area contributed by atoms with E-state index < -0.39 is 0 Å². The standard InChI is InChI=1S/C29H22ClNO/c1-32-26-18-14-21(15-19-26)27-20-28(22-8-4-2-5-9-22)31(25-10-6-3-7-11-25)29(27)23-12-16-24(30)17-13-23/h2-20H,1H3. The van der Waals surface area contributed by atoms with Gasteiger partial charge in [-0.25, -0.2) is 0 Å². The van der Waals surface area contributed by atoms with Gasteiger partial charge in [-0.15, -0.1) is 0 Å². The first-order chi connectivity index (χ1) is 15.7. The lowest BCUT2D eigenvalue weighted by Crippen LogP contribution is -1.99. The van der Waals surface area contributed by atoms with Crippen LogP contribution >= 0.6 is 11.6 Å². The Kier molecular flexibility index (Phi) is 5.53. The minimum Gasteiger partial charge on any atom is -0.497 e. The maximum absolute atomic E-state index is 6.23. The number of rotatable bonds is 5. The van der Waals surface area contributed by atoms with Crippen molar-refractivity contribution in [1.82, 2.24) is 4.57 Å². The molecule has 0 atom stereocenters. The first-order valence-electron chi connectivity index (χ1n) is 10.5. The second kappa shape index (κ2) is 8.78. The molecule has 0 radical (unpaired) electrons. The molecule has 32 heavy (non-hydrogen) atoms. The Morgan fingerprint density at radius 3 is 1.84 bits per heavy atom. The van der Waals surface area contributed by atoms with Crippen molar-refractivity contribution in [3.05, 3.63) is 120 Å². The largest absolute Gasteiger partial charge is 0.497 e. The molecule has 4 aromatic carbocycles. The van der Waals surface area contributed by atoms with E-state index in [1.54, 1.807) is 7.11 Å². The van der Waals surface area contributed by atoms with Crippen LogP contribution in [-0.4, -0.2) is 11.7 Å². The van der Waals surface area contributed by atoms with Crippen LogP contribution in [0.1, 0.15) is 0 Å². The Morgan fingerprint density at radius 2 is 1.22 bits per heavy atom. The Bertz CT molecular complexity index is 1320. The highest BCUT2D eigenvalue weighted by Gasteiger charge is 2.20. The number of hydrogen-bond acceptors (Lipinski definition) is 1. The summed E-state index contributed by atoms with van der Waals surface area (Å²) in [5.41, 5.74) is 7.90. The molecule has 0 aliphatic rings. The number of benzene rings is 4. The van der Waals surface area contributed by atoms with Crippen molar-refractivity contribution >= 4 is 11.6 Å². The predicted molar refractivity (Wildman–Crippen MR) is 134 cm³/mol. The molecule has 1 heterocycles. The number of para-hydroxylation sites is 1. The van der Waals surface area contributed by atoms with Crippen molar-refractivity contribution in [3.63, 3.8) is 0 Å². The molecule has 0 amide bonds. The highest BCUT2D eigenvalue weighted by atomic mass is 35.5. The fourth-order valence-electron chi connectivity index (χ4n) is 4.06. The van der Waals surface area contributed by atoms with Gasteiger partial charge in [-0.1, -0.05) is 84.4 Å². The molecule has 0 fully saturated rings. The molecule has 0 saturated heterocycles. The third-order valence-electron chi connectivity index (χ3n) is 5.60. The topological polar surface area (TPSA) is 14.2 Å². The van der Waals surface area contributed by atoms with Crippen LogP contribution in [-0.2, 0) is 0 Å². The Labute approximate surface area is 193 Å². The zero-order valence-corrected chi connectivity index (χ0v) is 18.5. The lowest BCUT2D eigenvalue weighted by atomic mass is 10.0. The first-order valence-corrected chi connectivity index (χ1v) is 10.9. The Hall–Kier alpha value is -3.75. The van der Waals surface area contributed by atoms with E-state index >= 15 is 0 Å². The summed E-state index contributed by atoms with van der Waals surface area (Å²) in [5.74, 6) is 0.840. The molecule has 0 saturated carbocycles. The number of hydrogen-bond donors (Lipinski definition) is 0. The van der Waals surface area contributed by atoms with Crippen LogP contribution in [0.3, 0.4) is 0 Å². The molecule has 0 aliphatic heterocycles. The quantitative estimate of drug-likeness (QED) is 0.271. The van der Waals surface area contributed by atoms with E-state index in [4.69, 9.17) is 16.3 Å². The van der Waals surface area contributed by atoms with E-state index in [9.17, 15) is 0 Å².